The maximum Gasteiger partial charge on any atom is 0.253 e. The van der Waals surface area contributed by atoms with Crippen LogP contribution in [-0.2, 0) is 11.3 Å². The number of benzene rings is 2. The number of aromatic nitrogens is 2. The molecule has 178 valence electrons. The smallest absolute Gasteiger partial charge is 0.253 e. The number of carbonyl (C=O) groups excluding carboxylic acids is 2. The Morgan fingerprint density at radius 3 is 2.68 bits per heavy atom. The van der Waals surface area contributed by atoms with Gasteiger partial charge in [-0.25, -0.2) is 4.39 Å². The molecule has 0 bridgehead atoms. The first-order valence-corrected chi connectivity index (χ1v) is 11.7. The average Bonchev–Trinajstić information content (AvgIpc) is 3.32. The Balaban J connectivity index is 1.44. The number of carbonyl (C=O) groups is 2. The van der Waals surface area contributed by atoms with Crippen LogP contribution in [0.4, 0.5) is 4.39 Å². The molecule has 2 heterocycles. The summed E-state index contributed by atoms with van der Waals surface area (Å²) in [5.41, 5.74) is 1.05. The van der Waals surface area contributed by atoms with Crippen molar-refractivity contribution in [1.29, 1.82) is 0 Å². The van der Waals surface area contributed by atoms with E-state index in [9.17, 15) is 14.0 Å². The fraction of sp³-hybridized carbons (Fsp3) is 0.360. The number of hydrogen-bond donors (Lipinski definition) is 0. The zero-order chi connectivity index (χ0) is 24.1. The molecular weight excluding hydrogens is 459 g/mol. The molecule has 9 heteroatoms. The summed E-state index contributed by atoms with van der Waals surface area (Å²) in [5.74, 6) is -0.324. The quantitative estimate of drug-likeness (QED) is 0.480. The maximum absolute atomic E-state index is 13.4. The molecule has 1 unspecified atom stereocenters. The molecule has 0 saturated carbocycles. The number of likely N-dealkylation sites (tertiary alicyclic amines) is 1. The van der Waals surface area contributed by atoms with Crippen molar-refractivity contribution in [3.05, 3.63) is 70.8 Å². The first-order chi connectivity index (χ1) is 16.5. The highest BCUT2D eigenvalue weighted by Gasteiger charge is 2.32. The lowest BCUT2D eigenvalue weighted by atomic mass is 9.95. The van der Waals surface area contributed by atoms with Gasteiger partial charge in [0, 0.05) is 25.2 Å². The van der Waals surface area contributed by atoms with E-state index in [0.29, 0.717) is 54.0 Å². The normalized spacial score (nSPS) is 15.9. The van der Waals surface area contributed by atoms with Crippen molar-refractivity contribution in [3.8, 4) is 11.5 Å². The third-order valence-electron chi connectivity index (χ3n) is 5.85. The van der Waals surface area contributed by atoms with Gasteiger partial charge in [0.05, 0.1) is 23.0 Å². The van der Waals surface area contributed by atoms with Crippen LogP contribution in [0.2, 0.25) is 5.02 Å². The minimum absolute atomic E-state index is 0.0454. The first-order valence-electron chi connectivity index (χ1n) is 11.4. The molecule has 0 aliphatic carbocycles. The molecule has 0 spiro atoms. The van der Waals surface area contributed by atoms with E-state index < -0.39 is 5.82 Å². The summed E-state index contributed by atoms with van der Waals surface area (Å²) < 4.78 is 19.0. The van der Waals surface area contributed by atoms with E-state index in [1.54, 1.807) is 21.9 Å². The highest BCUT2D eigenvalue weighted by Crippen LogP contribution is 2.27. The largest absolute Gasteiger partial charge is 0.419 e. The van der Waals surface area contributed by atoms with E-state index >= 15 is 0 Å². The molecule has 1 saturated heterocycles. The zero-order valence-corrected chi connectivity index (χ0v) is 19.7. The number of piperidine rings is 1. The van der Waals surface area contributed by atoms with Gasteiger partial charge in [-0.3, -0.25) is 9.59 Å². The molecule has 4 rings (SSSR count). The molecule has 34 heavy (non-hydrogen) atoms. The highest BCUT2D eigenvalue weighted by molar-refractivity contribution is 6.33. The molecule has 2 amide bonds. The number of hydrogen-bond acceptors (Lipinski definition) is 5. The molecule has 0 radical (unpaired) electrons. The van der Waals surface area contributed by atoms with Crippen LogP contribution >= 0.6 is 11.6 Å². The zero-order valence-electron chi connectivity index (χ0n) is 18.9. The summed E-state index contributed by atoms with van der Waals surface area (Å²) >= 11 is 6.22. The van der Waals surface area contributed by atoms with Crippen molar-refractivity contribution >= 4 is 23.4 Å². The highest BCUT2D eigenvalue weighted by atomic mass is 35.5. The second-order valence-corrected chi connectivity index (χ2v) is 8.75. The second-order valence-electron chi connectivity index (χ2n) is 8.34. The summed E-state index contributed by atoms with van der Waals surface area (Å²) in [5, 5.41) is 8.70. The Kier molecular flexibility index (Phi) is 7.57. The van der Waals surface area contributed by atoms with E-state index in [4.69, 9.17) is 16.0 Å². The molecule has 7 nitrogen and oxygen atoms in total. The Morgan fingerprint density at radius 1 is 1.18 bits per heavy atom. The maximum atomic E-state index is 13.4. The molecule has 1 aromatic heterocycles. The van der Waals surface area contributed by atoms with Crippen LogP contribution in [0.15, 0.2) is 52.9 Å². The molecule has 3 aromatic rings. The monoisotopic (exact) mass is 484 g/mol. The van der Waals surface area contributed by atoms with Crippen LogP contribution < -0.4 is 0 Å². The predicted molar refractivity (Wildman–Crippen MR) is 125 cm³/mol. The van der Waals surface area contributed by atoms with Crippen molar-refractivity contribution in [3.63, 3.8) is 0 Å². The van der Waals surface area contributed by atoms with Crippen LogP contribution in [0.5, 0.6) is 0 Å². The van der Waals surface area contributed by atoms with Crippen molar-refractivity contribution in [1.82, 2.24) is 20.0 Å². The molecule has 1 aliphatic rings. The number of amides is 2. The average molecular weight is 485 g/mol. The van der Waals surface area contributed by atoms with E-state index in [-0.39, 0.29) is 24.3 Å². The van der Waals surface area contributed by atoms with Gasteiger partial charge in [0.1, 0.15) is 5.82 Å². The lowest BCUT2D eigenvalue weighted by Crippen LogP contribution is -2.46. The van der Waals surface area contributed by atoms with Crippen molar-refractivity contribution in [2.45, 2.75) is 32.7 Å². The van der Waals surface area contributed by atoms with Crippen LogP contribution in [0.1, 0.15) is 42.4 Å². The van der Waals surface area contributed by atoms with Gasteiger partial charge >= 0.3 is 0 Å². The molecule has 1 aliphatic heterocycles. The van der Waals surface area contributed by atoms with Gasteiger partial charge in [0.2, 0.25) is 17.7 Å². The molecule has 1 fully saturated rings. The van der Waals surface area contributed by atoms with Crippen LogP contribution in [0.3, 0.4) is 0 Å². The summed E-state index contributed by atoms with van der Waals surface area (Å²) in [4.78, 5) is 29.6. The number of nitrogens with zero attached hydrogens (tertiary/aromatic N) is 4. The number of rotatable bonds is 7. The number of halogens is 2. The fourth-order valence-electron chi connectivity index (χ4n) is 4.16. The lowest BCUT2D eigenvalue weighted by Gasteiger charge is -2.34. The SMILES string of the molecule is CCCN(Cc1nnc(-c2ccccc2Cl)o1)C(=O)C1CCCN(C(=O)c2ccc(F)cc2)C1. The Hall–Kier alpha value is -3.26. The van der Waals surface area contributed by atoms with Crippen LogP contribution in [0.25, 0.3) is 11.5 Å². The molecule has 2 aromatic carbocycles. The predicted octanol–water partition coefficient (Wildman–Crippen LogP) is 4.82. The Labute approximate surface area is 202 Å². The summed E-state index contributed by atoms with van der Waals surface area (Å²) in [6, 6.07) is 12.7. The van der Waals surface area contributed by atoms with Gasteiger partial charge in [-0.15, -0.1) is 10.2 Å². The van der Waals surface area contributed by atoms with Gasteiger partial charge in [0.25, 0.3) is 5.91 Å². The minimum atomic E-state index is -0.392. The van der Waals surface area contributed by atoms with Crippen molar-refractivity contribution in [2.24, 2.45) is 5.92 Å². The summed E-state index contributed by atoms with van der Waals surface area (Å²) in [6.07, 6.45) is 2.18. The minimum Gasteiger partial charge on any atom is -0.419 e. The second kappa shape index (κ2) is 10.8. The Morgan fingerprint density at radius 2 is 1.94 bits per heavy atom. The van der Waals surface area contributed by atoms with Gasteiger partial charge in [0.15, 0.2) is 0 Å². The fourth-order valence-corrected chi connectivity index (χ4v) is 4.37. The van der Waals surface area contributed by atoms with Crippen molar-refractivity contribution < 1.29 is 18.4 Å². The molecular formula is C25H26ClFN4O3. The van der Waals surface area contributed by atoms with E-state index in [1.165, 1.54) is 24.3 Å². The topological polar surface area (TPSA) is 79.5 Å². The molecule has 0 N–H and O–H groups in total. The standard InChI is InChI=1S/C25H26ClFN4O3/c1-2-13-30(16-22-28-29-23(34-22)20-7-3-4-8-21(20)26)25(33)18-6-5-14-31(15-18)24(32)17-9-11-19(27)12-10-17/h3-4,7-12,18H,2,5-6,13-16H2,1H3. The molecule has 1 atom stereocenters. The van der Waals surface area contributed by atoms with Crippen LogP contribution in [-0.4, -0.2) is 51.4 Å². The first kappa shape index (κ1) is 23.9. The van der Waals surface area contributed by atoms with Crippen molar-refractivity contribution in [2.75, 3.05) is 19.6 Å². The van der Waals surface area contributed by atoms with E-state index in [1.807, 2.05) is 19.1 Å². The van der Waals surface area contributed by atoms with E-state index in [2.05, 4.69) is 10.2 Å². The van der Waals surface area contributed by atoms with Crippen LogP contribution in [0, 0.1) is 11.7 Å². The van der Waals surface area contributed by atoms with Gasteiger partial charge in [-0.2, -0.15) is 0 Å². The third kappa shape index (κ3) is 5.44. The Bertz CT molecular complexity index is 1150. The van der Waals surface area contributed by atoms with Gasteiger partial charge in [-0.1, -0.05) is 30.7 Å². The van der Waals surface area contributed by atoms with E-state index in [0.717, 1.165) is 12.8 Å². The van der Waals surface area contributed by atoms with Gasteiger partial charge in [-0.05, 0) is 55.7 Å². The van der Waals surface area contributed by atoms with Gasteiger partial charge < -0.3 is 14.2 Å². The third-order valence-corrected chi connectivity index (χ3v) is 6.18. The lowest BCUT2D eigenvalue weighted by molar-refractivity contribution is -0.138. The summed E-state index contributed by atoms with van der Waals surface area (Å²) in [6.45, 7) is 3.61. The summed E-state index contributed by atoms with van der Waals surface area (Å²) in [7, 11) is 0.